The van der Waals surface area contributed by atoms with Crippen molar-refractivity contribution in [3.63, 3.8) is 0 Å². The van der Waals surface area contributed by atoms with Crippen LogP contribution in [0.4, 0.5) is 8.78 Å². The summed E-state index contributed by atoms with van der Waals surface area (Å²) in [5.74, 6) is -1.20. The van der Waals surface area contributed by atoms with Crippen LogP contribution in [0.2, 0.25) is 0 Å². The van der Waals surface area contributed by atoms with Gasteiger partial charge in [-0.25, -0.2) is 8.78 Å². The molecule has 2 unspecified atom stereocenters. The van der Waals surface area contributed by atoms with E-state index in [2.05, 4.69) is 0 Å². The lowest BCUT2D eigenvalue weighted by Crippen LogP contribution is -2.47. The first kappa shape index (κ1) is 14.6. The number of ether oxygens (including phenoxy) is 1. The SMILES string of the molecule is COC1CCN(C(=O)c2ccc(C=O)c(F)c2)CC1F. The number of alkyl halides is 1. The van der Waals surface area contributed by atoms with Crippen LogP contribution >= 0.6 is 0 Å². The number of rotatable bonds is 3. The fourth-order valence-corrected chi connectivity index (χ4v) is 2.27. The lowest BCUT2D eigenvalue weighted by molar-refractivity contribution is -0.0174. The van der Waals surface area contributed by atoms with Crippen LogP contribution in [0.5, 0.6) is 0 Å². The molecule has 0 bridgehead atoms. The summed E-state index contributed by atoms with van der Waals surface area (Å²) >= 11 is 0. The van der Waals surface area contributed by atoms with Gasteiger partial charge in [-0.05, 0) is 24.6 Å². The van der Waals surface area contributed by atoms with E-state index >= 15 is 0 Å². The normalized spacial score (nSPS) is 22.6. The number of amides is 1. The van der Waals surface area contributed by atoms with Gasteiger partial charge in [0.2, 0.25) is 0 Å². The first-order valence-electron chi connectivity index (χ1n) is 6.27. The molecule has 1 heterocycles. The molecule has 1 aliphatic heterocycles. The van der Waals surface area contributed by atoms with Gasteiger partial charge in [0.15, 0.2) is 6.29 Å². The van der Waals surface area contributed by atoms with E-state index in [1.807, 2.05) is 0 Å². The molecule has 2 atom stereocenters. The highest BCUT2D eigenvalue weighted by Gasteiger charge is 2.32. The molecule has 20 heavy (non-hydrogen) atoms. The third-order valence-corrected chi connectivity index (χ3v) is 3.45. The van der Waals surface area contributed by atoms with Crippen LogP contribution in [0.1, 0.15) is 27.1 Å². The minimum atomic E-state index is -1.25. The molecule has 108 valence electrons. The van der Waals surface area contributed by atoms with E-state index in [4.69, 9.17) is 4.74 Å². The summed E-state index contributed by atoms with van der Waals surface area (Å²) in [6, 6.07) is 3.61. The molecule has 0 N–H and O–H groups in total. The van der Waals surface area contributed by atoms with Crippen LogP contribution in [-0.4, -0.2) is 49.6 Å². The summed E-state index contributed by atoms with van der Waals surface area (Å²) < 4.78 is 32.2. The van der Waals surface area contributed by atoms with Gasteiger partial charge < -0.3 is 9.64 Å². The van der Waals surface area contributed by atoms with Crippen molar-refractivity contribution in [3.8, 4) is 0 Å². The quantitative estimate of drug-likeness (QED) is 0.795. The summed E-state index contributed by atoms with van der Waals surface area (Å²) in [5, 5.41) is 0. The highest BCUT2D eigenvalue weighted by molar-refractivity contribution is 5.95. The Hall–Kier alpha value is -1.82. The molecule has 1 saturated heterocycles. The number of piperidine rings is 1. The van der Waals surface area contributed by atoms with E-state index in [1.165, 1.54) is 24.1 Å². The Morgan fingerprint density at radius 3 is 2.80 bits per heavy atom. The van der Waals surface area contributed by atoms with Crippen LogP contribution in [0.3, 0.4) is 0 Å². The molecule has 0 saturated carbocycles. The molecule has 1 fully saturated rings. The van der Waals surface area contributed by atoms with E-state index in [1.54, 1.807) is 0 Å². The third-order valence-electron chi connectivity index (χ3n) is 3.45. The average Bonchev–Trinajstić information content (AvgIpc) is 2.46. The molecule has 1 aromatic carbocycles. The zero-order chi connectivity index (χ0) is 14.7. The molecular formula is C14H15F2NO3. The number of carbonyl (C=O) groups is 2. The maximum atomic E-state index is 13.7. The minimum Gasteiger partial charge on any atom is -0.378 e. The summed E-state index contributed by atoms with van der Waals surface area (Å²) in [6.07, 6.45) is -0.978. The summed E-state index contributed by atoms with van der Waals surface area (Å²) in [5.41, 5.74) is -0.000763. The highest BCUT2D eigenvalue weighted by atomic mass is 19.1. The van der Waals surface area contributed by atoms with Crippen molar-refractivity contribution in [1.29, 1.82) is 0 Å². The smallest absolute Gasteiger partial charge is 0.254 e. The van der Waals surface area contributed by atoms with E-state index in [9.17, 15) is 18.4 Å². The predicted octanol–water partition coefficient (Wildman–Crippen LogP) is 1.84. The number of carbonyl (C=O) groups excluding carboxylic acids is 2. The van der Waals surface area contributed by atoms with Crippen molar-refractivity contribution in [2.24, 2.45) is 0 Å². The summed E-state index contributed by atoms with van der Waals surface area (Å²) in [7, 11) is 1.43. The Morgan fingerprint density at radius 2 is 2.25 bits per heavy atom. The Bertz CT molecular complexity index is 521. The number of halogens is 2. The maximum absolute atomic E-state index is 13.7. The van der Waals surface area contributed by atoms with E-state index in [0.717, 1.165) is 6.07 Å². The van der Waals surface area contributed by atoms with Crippen LogP contribution in [0.25, 0.3) is 0 Å². The van der Waals surface area contributed by atoms with Crippen molar-refractivity contribution in [2.75, 3.05) is 20.2 Å². The molecule has 0 spiro atoms. The summed E-state index contributed by atoms with van der Waals surface area (Å²) in [6.45, 7) is 0.281. The maximum Gasteiger partial charge on any atom is 0.254 e. The minimum absolute atomic E-state index is 0.0750. The molecule has 4 nitrogen and oxygen atoms in total. The largest absolute Gasteiger partial charge is 0.378 e. The molecule has 1 aliphatic rings. The average molecular weight is 283 g/mol. The predicted molar refractivity (Wildman–Crippen MR) is 68.0 cm³/mol. The first-order valence-corrected chi connectivity index (χ1v) is 6.27. The zero-order valence-corrected chi connectivity index (χ0v) is 11.0. The van der Waals surface area contributed by atoms with Gasteiger partial charge in [0.25, 0.3) is 5.91 Å². The molecule has 0 aromatic heterocycles. The standard InChI is InChI=1S/C14H15F2NO3/c1-20-13-4-5-17(7-12(13)16)14(19)9-2-3-10(8-18)11(15)6-9/h2-3,6,8,12-13H,4-5,7H2,1H3. The Morgan fingerprint density at radius 1 is 1.50 bits per heavy atom. The molecule has 0 aliphatic carbocycles. The zero-order valence-electron chi connectivity index (χ0n) is 11.0. The number of hydrogen-bond donors (Lipinski definition) is 0. The van der Waals surface area contributed by atoms with Crippen molar-refractivity contribution < 1.29 is 23.1 Å². The Kier molecular flexibility index (Phi) is 4.44. The van der Waals surface area contributed by atoms with Crippen molar-refractivity contribution in [1.82, 2.24) is 4.90 Å². The summed E-state index contributed by atoms with van der Waals surface area (Å²) in [4.78, 5) is 24.0. The number of benzene rings is 1. The van der Waals surface area contributed by atoms with Crippen molar-refractivity contribution in [2.45, 2.75) is 18.7 Å². The van der Waals surface area contributed by atoms with Gasteiger partial charge in [0, 0.05) is 19.2 Å². The second-order valence-corrected chi connectivity index (χ2v) is 4.68. The Balaban J connectivity index is 2.12. The molecule has 2 rings (SSSR count). The molecular weight excluding hydrogens is 268 g/mol. The number of methoxy groups -OCH3 is 1. The second-order valence-electron chi connectivity index (χ2n) is 4.68. The van der Waals surface area contributed by atoms with Gasteiger partial charge in [-0.2, -0.15) is 0 Å². The topological polar surface area (TPSA) is 46.6 Å². The van der Waals surface area contributed by atoms with Gasteiger partial charge in [0.1, 0.15) is 12.0 Å². The van der Waals surface area contributed by atoms with E-state index in [0.29, 0.717) is 19.3 Å². The fourth-order valence-electron chi connectivity index (χ4n) is 2.27. The number of nitrogens with zero attached hydrogens (tertiary/aromatic N) is 1. The van der Waals surface area contributed by atoms with Crippen LogP contribution in [-0.2, 0) is 4.74 Å². The van der Waals surface area contributed by atoms with Crippen LogP contribution < -0.4 is 0 Å². The van der Waals surface area contributed by atoms with E-state index in [-0.39, 0.29) is 17.7 Å². The first-order chi connectivity index (χ1) is 9.56. The number of likely N-dealkylation sites (tertiary alicyclic amines) is 1. The monoisotopic (exact) mass is 283 g/mol. The van der Waals surface area contributed by atoms with Crippen LogP contribution in [0.15, 0.2) is 18.2 Å². The molecule has 1 aromatic rings. The lowest BCUT2D eigenvalue weighted by Gasteiger charge is -2.33. The second kappa shape index (κ2) is 6.09. The fraction of sp³-hybridized carbons (Fsp3) is 0.429. The lowest BCUT2D eigenvalue weighted by atomic mass is 10.0. The molecule has 1 amide bonds. The van der Waals surface area contributed by atoms with Gasteiger partial charge in [-0.3, -0.25) is 9.59 Å². The van der Waals surface area contributed by atoms with Gasteiger partial charge in [-0.1, -0.05) is 0 Å². The number of aldehydes is 1. The molecule has 6 heteroatoms. The third kappa shape index (κ3) is 2.85. The van der Waals surface area contributed by atoms with Gasteiger partial charge in [0.05, 0.1) is 18.2 Å². The highest BCUT2D eigenvalue weighted by Crippen LogP contribution is 2.19. The van der Waals surface area contributed by atoms with E-state index < -0.39 is 24.0 Å². The van der Waals surface area contributed by atoms with Gasteiger partial charge >= 0.3 is 0 Å². The Labute approximate surface area is 115 Å². The van der Waals surface area contributed by atoms with Crippen molar-refractivity contribution >= 4 is 12.2 Å². The van der Waals surface area contributed by atoms with Crippen LogP contribution in [0, 0.1) is 5.82 Å². The van der Waals surface area contributed by atoms with Crippen molar-refractivity contribution in [3.05, 3.63) is 35.1 Å². The van der Waals surface area contributed by atoms with Gasteiger partial charge in [-0.15, -0.1) is 0 Å². The molecule has 0 radical (unpaired) electrons. The number of hydrogen-bond acceptors (Lipinski definition) is 3.